The van der Waals surface area contributed by atoms with Crippen molar-refractivity contribution in [3.8, 4) is 16.3 Å². The molecule has 1 aliphatic heterocycles. The van der Waals surface area contributed by atoms with Crippen LogP contribution in [0.4, 0.5) is 5.82 Å². The molecule has 0 spiro atoms. The summed E-state index contributed by atoms with van der Waals surface area (Å²) in [4.78, 5) is 3.66. The second-order valence-electron chi connectivity index (χ2n) is 7.97. The summed E-state index contributed by atoms with van der Waals surface area (Å²) in [6.45, 7) is 3.17. The molecule has 0 atom stereocenters. The number of likely N-dealkylation sites (tertiary alicyclic amines) is 1. The van der Waals surface area contributed by atoms with E-state index in [9.17, 15) is 0 Å². The molecule has 6 heteroatoms. The molecule has 1 aliphatic rings. The SMILES string of the molecule is COc1ccc2c(-c3cccs3)nnc(NC3CCN(Cc4ccccc4)CC3)c2c1. The summed E-state index contributed by atoms with van der Waals surface area (Å²) < 4.78 is 5.49. The number of hydrogen-bond acceptors (Lipinski definition) is 6. The molecule has 3 heterocycles. The van der Waals surface area contributed by atoms with Crippen LogP contribution in [0.1, 0.15) is 18.4 Å². The van der Waals surface area contributed by atoms with E-state index >= 15 is 0 Å². The Morgan fingerprint density at radius 2 is 1.84 bits per heavy atom. The Morgan fingerprint density at radius 1 is 1.00 bits per heavy atom. The van der Waals surface area contributed by atoms with Gasteiger partial charge < -0.3 is 10.1 Å². The Balaban J connectivity index is 1.34. The van der Waals surface area contributed by atoms with Crippen LogP contribution in [0.25, 0.3) is 21.3 Å². The van der Waals surface area contributed by atoms with E-state index in [-0.39, 0.29) is 0 Å². The van der Waals surface area contributed by atoms with E-state index in [1.807, 2.05) is 12.1 Å². The maximum Gasteiger partial charge on any atom is 0.156 e. The molecule has 158 valence electrons. The Bertz CT molecular complexity index is 1140. The van der Waals surface area contributed by atoms with Crippen molar-refractivity contribution in [2.45, 2.75) is 25.4 Å². The fourth-order valence-corrected chi connectivity index (χ4v) is 4.96. The second-order valence-corrected chi connectivity index (χ2v) is 8.91. The highest BCUT2D eigenvalue weighted by atomic mass is 32.1. The molecule has 0 saturated carbocycles. The number of anilines is 1. The standard InChI is InChI=1S/C25H26N4OS/c1-30-20-9-10-21-22(16-20)25(28-27-24(21)23-8-5-15-31-23)26-19-11-13-29(14-12-19)17-18-6-3-2-4-7-18/h2-10,15-16,19H,11-14,17H2,1H3,(H,26,28). The summed E-state index contributed by atoms with van der Waals surface area (Å²) in [7, 11) is 1.70. The zero-order chi connectivity index (χ0) is 21.0. The molecule has 1 saturated heterocycles. The molecular formula is C25H26N4OS. The third-order valence-electron chi connectivity index (χ3n) is 5.92. The van der Waals surface area contributed by atoms with E-state index in [1.165, 1.54) is 5.56 Å². The van der Waals surface area contributed by atoms with E-state index < -0.39 is 0 Å². The van der Waals surface area contributed by atoms with Gasteiger partial charge in [0.1, 0.15) is 11.4 Å². The van der Waals surface area contributed by atoms with Crippen molar-refractivity contribution >= 4 is 27.9 Å². The molecule has 0 radical (unpaired) electrons. The van der Waals surface area contributed by atoms with Crippen molar-refractivity contribution in [3.05, 3.63) is 71.6 Å². The number of aromatic nitrogens is 2. The Kier molecular flexibility index (Phi) is 5.82. The molecule has 1 fully saturated rings. The first kappa shape index (κ1) is 20.0. The number of fused-ring (bicyclic) bond motifs is 1. The largest absolute Gasteiger partial charge is 0.497 e. The molecule has 0 aliphatic carbocycles. The van der Waals surface area contributed by atoms with Gasteiger partial charge in [0.15, 0.2) is 5.82 Å². The number of ether oxygens (including phenoxy) is 1. The number of piperidine rings is 1. The zero-order valence-corrected chi connectivity index (χ0v) is 18.4. The summed E-state index contributed by atoms with van der Waals surface area (Å²) in [6.07, 6.45) is 2.18. The van der Waals surface area contributed by atoms with E-state index in [0.717, 1.165) is 65.4 Å². The fourth-order valence-electron chi connectivity index (χ4n) is 4.23. The normalized spacial score (nSPS) is 15.3. The number of rotatable bonds is 6. The van der Waals surface area contributed by atoms with Crippen molar-refractivity contribution < 1.29 is 4.74 Å². The predicted molar refractivity (Wildman–Crippen MR) is 128 cm³/mol. The average Bonchev–Trinajstić information content (AvgIpc) is 3.36. The van der Waals surface area contributed by atoms with Gasteiger partial charge in [-0.3, -0.25) is 4.90 Å². The summed E-state index contributed by atoms with van der Waals surface area (Å²) in [5.41, 5.74) is 2.30. The van der Waals surface area contributed by atoms with Gasteiger partial charge in [0.2, 0.25) is 0 Å². The number of nitrogens with one attached hydrogen (secondary N) is 1. The molecule has 0 unspecified atom stereocenters. The van der Waals surface area contributed by atoms with Crippen LogP contribution >= 0.6 is 11.3 Å². The maximum atomic E-state index is 5.49. The zero-order valence-electron chi connectivity index (χ0n) is 17.6. The molecule has 2 aromatic heterocycles. The first-order valence-corrected chi connectivity index (χ1v) is 11.6. The lowest BCUT2D eigenvalue weighted by Crippen LogP contribution is -2.38. The highest BCUT2D eigenvalue weighted by molar-refractivity contribution is 7.13. The van der Waals surface area contributed by atoms with E-state index in [0.29, 0.717) is 6.04 Å². The Labute approximate surface area is 186 Å². The molecule has 0 bridgehead atoms. The number of benzene rings is 2. The summed E-state index contributed by atoms with van der Waals surface area (Å²) in [5, 5.41) is 17.1. The van der Waals surface area contributed by atoms with Crippen molar-refractivity contribution in [2.75, 3.05) is 25.5 Å². The van der Waals surface area contributed by atoms with Crippen molar-refractivity contribution in [1.82, 2.24) is 15.1 Å². The minimum Gasteiger partial charge on any atom is -0.497 e. The van der Waals surface area contributed by atoms with Crippen LogP contribution in [0.2, 0.25) is 0 Å². The minimum absolute atomic E-state index is 0.392. The number of thiophene rings is 1. The van der Waals surface area contributed by atoms with E-state index in [2.05, 4.69) is 74.3 Å². The van der Waals surface area contributed by atoms with Gasteiger partial charge in [-0.15, -0.1) is 21.5 Å². The van der Waals surface area contributed by atoms with Gasteiger partial charge in [-0.1, -0.05) is 36.4 Å². The first-order valence-electron chi connectivity index (χ1n) is 10.7. The van der Waals surface area contributed by atoms with Gasteiger partial charge in [0, 0.05) is 36.4 Å². The summed E-state index contributed by atoms with van der Waals surface area (Å²) in [6, 6.07) is 21.4. The Hall–Kier alpha value is -2.96. The predicted octanol–water partition coefficient (Wildman–Crippen LogP) is 5.44. The van der Waals surface area contributed by atoms with Crippen molar-refractivity contribution in [2.24, 2.45) is 0 Å². The maximum absolute atomic E-state index is 5.49. The molecule has 1 N–H and O–H groups in total. The van der Waals surface area contributed by atoms with Gasteiger partial charge >= 0.3 is 0 Å². The van der Waals surface area contributed by atoms with Crippen molar-refractivity contribution in [1.29, 1.82) is 0 Å². The second kappa shape index (κ2) is 9.04. The van der Waals surface area contributed by atoms with Gasteiger partial charge in [-0.2, -0.15) is 0 Å². The topological polar surface area (TPSA) is 50.3 Å². The van der Waals surface area contributed by atoms with Crippen LogP contribution in [0.3, 0.4) is 0 Å². The van der Waals surface area contributed by atoms with Gasteiger partial charge in [0.25, 0.3) is 0 Å². The Morgan fingerprint density at radius 3 is 2.58 bits per heavy atom. The third kappa shape index (κ3) is 4.40. The van der Waals surface area contributed by atoms with E-state index in [4.69, 9.17) is 4.74 Å². The molecule has 31 heavy (non-hydrogen) atoms. The van der Waals surface area contributed by atoms with E-state index in [1.54, 1.807) is 18.4 Å². The lowest BCUT2D eigenvalue weighted by Gasteiger charge is -2.32. The molecule has 0 amide bonds. The van der Waals surface area contributed by atoms with Crippen molar-refractivity contribution in [3.63, 3.8) is 0 Å². The van der Waals surface area contributed by atoms with Gasteiger partial charge in [-0.25, -0.2) is 0 Å². The van der Waals surface area contributed by atoms with Crippen LogP contribution in [-0.4, -0.2) is 41.3 Å². The van der Waals surface area contributed by atoms with Crippen LogP contribution < -0.4 is 10.1 Å². The van der Waals surface area contributed by atoms with Crippen LogP contribution in [0.15, 0.2) is 66.0 Å². The highest BCUT2D eigenvalue weighted by Gasteiger charge is 2.21. The lowest BCUT2D eigenvalue weighted by molar-refractivity contribution is 0.211. The smallest absolute Gasteiger partial charge is 0.156 e. The minimum atomic E-state index is 0.392. The molecule has 5 rings (SSSR count). The quantitative estimate of drug-likeness (QED) is 0.441. The fraction of sp³-hybridized carbons (Fsp3) is 0.280. The van der Waals surface area contributed by atoms with Crippen LogP contribution in [0.5, 0.6) is 5.75 Å². The average molecular weight is 431 g/mol. The molecule has 5 nitrogen and oxygen atoms in total. The molecule has 2 aromatic carbocycles. The third-order valence-corrected chi connectivity index (χ3v) is 6.80. The summed E-state index contributed by atoms with van der Waals surface area (Å²) in [5.74, 6) is 1.68. The van der Waals surface area contributed by atoms with Crippen LogP contribution in [0, 0.1) is 0 Å². The molecule has 4 aromatic rings. The first-order chi connectivity index (χ1) is 15.3. The summed E-state index contributed by atoms with van der Waals surface area (Å²) >= 11 is 1.68. The number of nitrogens with zero attached hydrogens (tertiary/aromatic N) is 3. The number of methoxy groups -OCH3 is 1. The van der Waals surface area contributed by atoms with Gasteiger partial charge in [0.05, 0.1) is 12.0 Å². The van der Waals surface area contributed by atoms with Gasteiger partial charge in [-0.05, 0) is 48.1 Å². The lowest BCUT2D eigenvalue weighted by atomic mass is 10.0. The van der Waals surface area contributed by atoms with Crippen LogP contribution in [-0.2, 0) is 6.54 Å². The monoisotopic (exact) mass is 430 g/mol. The highest BCUT2D eigenvalue weighted by Crippen LogP contribution is 2.34. The molecular weight excluding hydrogens is 404 g/mol. The number of hydrogen-bond donors (Lipinski definition) is 1.